The smallest absolute Gasteiger partial charge is 0.331 e. The zero-order valence-corrected chi connectivity index (χ0v) is 17.9. The van der Waals surface area contributed by atoms with Crippen LogP contribution in [0.25, 0.3) is 0 Å². The summed E-state index contributed by atoms with van der Waals surface area (Å²) in [6.45, 7) is 3.50. The first-order chi connectivity index (χ1) is 13.3. The molecule has 146 valence electrons. The van der Waals surface area contributed by atoms with Crippen LogP contribution in [0.3, 0.4) is 0 Å². The Labute approximate surface area is 174 Å². The van der Waals surface area contributed by atoms with Crippen LogP contribution in [0.15, 0.2) is 60.7 Å². The van der Waals surface area contributed by atoms with Crippen molar-refractivity contribution in [3.63, 3.8) is 0 Å². The first-order valence-electron chi connectivity index (χ1n) is 9.01. The van der Waals surface area contributed by atoms with E-state index in [1.165, 1.54) is 4.90 Å². The highest BCUT2D eigenvalue weighted by Gasteiger charge is 2.67. The summed E-state index contributed by atoms with van der Waals surface area (Å²) in [5.41, 5.74) is 1.67. The Morgan fingerprint density at radius 3 is 2.07 bits per heavy atom. The molecule has 0 radical (unpaired) electrons. The topological polar surface area (TPSA) is 63.7 Å². The Balaban J connectivity index is 1.67. The normalized spacial score (nSPS) is 28.0. The van der Waals surface area contributed by atoms with Crippen LogP contribution in [-0.2, 0) is 25.1 Å². The standard InChI is InChI=1S/C21H20BrNO4S/c1-21(2)17(23-18(24)15(22)19(23)28(21)26)20(25)27-16(13-9-5-3-6-10-13)14-11-7-4-8-12-14/h3-12,15-17,19H,1-2H3/t15-,17-,19+,28?/m0/s1. The van der Waals surface area contributed by atoms with E-state index in [0.717, 1.165) is 11.1 Å². The van der Waals surface area contributed by atoms with Gasteiger partial charge in [0.2, 0.25) is 5.91 Å². The van der Waals surface area contributed by atoms with Gasteiger partial charge in [0.25, 0.3) is 0 Å². The van der Waals surface area contributed by atoms with Gasteiger partial charge in [-0.25, -0.2) is 4.79 Å². The molecule has 2 aromatic rings. The largest absolute Gasteiger partial charge is 0.451 e. The molecule has 1 amide bonds. The molecule has 2 aliphatic rings. The van der Waals surface area contributed by atoms with E-state index in [1.807, 2.05) is 60.7 Å². The molecular weight excluding hydrogens is 442 g/mol. The summed E-state index contributed by atoms with van der Waals surface area (Å²) in [5.74, 6) is -0.756. The molecule has 0 aromatic heterocycles. The Kier molecular flexibility index (Phi) is 4.91. The van der Waals surface area contributed by atoms with E-state index < -0.39 is 43.9 Å². The molecule has 5 nitrogen and oxygen atoms in total. The number of amides is 1. The van der Waals surface area contributed by atoms with Gasteiger partial charge < -0.3 is 9.64 Å². The molecule has 4 rings (SSSR count). The maximum absolute atomic E-state index is 13.2. The predicted octanol–water partition coefficient (Wildman–Crippen LogP) is 3.16. The second-order valence-corrected chi connectivity index (χ2v) is 10.6. The monoisotopic (exact) mass is 461 g/mol. The van der Waals surface area contributed by atoms with Gasteiger partial charge in [0, 0.05) is 0 Å². The number of β-lactam (4-membered cyclic amide) rings is 1. The lowest BCUT2D eigenvalue weighted by Gasteiger charge is -2.40. The molecule has 2 heterocycles. The first kappa shape index (κ1) is 19.3. The Morgan fingerprint density at radius 1 is 1.07 bits per heavy atom. The number of esters is 1. The van der Waals surface area contributed by atoms with Crippen molar-refractivity contribution in [1.29, 1.82) is 0 Å². The van der Waals surface area contributed by atoms with Gasteiger partial charge in [-0.1, -0.05) is 76.6 Å². The van der Waals surface area contributed by atoms with Crippen molar-refractivity contribution < 1.29 is 18.5 Å². The van der Waals surface area contributed by atoms with E-state index in [2.05, 4.69) is 15.9 Å². The SMILES string of the molecule is CC1(C)[C@H](C(=O)OC(c2ccccc2)c2ccccc2)N2C(=O)[C@H](Br)[C@H]2S1=O. The molecule has 7 heteroatoms. The quantitative estimate of drug-likeness (QED) is 0.398. The fraction of sp³-hybridized carbons (Fsp3) is 0.333. The number of ether oxygens (including phenoxy) is 1. The maximum atomic E-state index is 13.2. The molecule has 0 aliphatic carbocycles. The van der Waals surface area contributed by atoms with E-state index >= 15 is 0 Å². The summed E-state index contributed by atoms with van der Waals surface area (Å²) in [6.07, 6.45) is -0.602. The summed E-state index contributed by atoms with van der Waals surface area (Å²) in [6, 6.07) is 18.1. The van der Waals surface area contributed by atoms with Crippen LogP contribution in [0.5, 0.6) is 0 Å². The van der Waals surface area contributed by atoms with E-state index in [-0.39, 0.29) is 5.91 Å². The second-order valence-electron chi connectivity index (χ2n) is 7.48. The first-order valence-corrected chi connectivity index (χ1v) is 11.1. The number of rotatable bonds is 4. The van der Waals surface area contributed by atoms with Crippen LogP contribution in [0, 0.1) is 0 Å². The number of hydrogen-bond donors (Lipinski definition) is 0. The summed E-state index contributed by atoms with van der Waals surface area (Å²) in [7, 11) is -1.37. The summed E-state index contributed by atoms with van der Waals surface area (Å²) >= 11 is 3.29. The molecule has 2 saturated heterocycles. The number of carbonyl (C=O) groups excluding carboxylic acids is 2. The van der Waals surface area contributed by atoms with Crippen molar-refractivity contribution in [2.45, 2.75) is 40.9 Å². The van der Waals surface area contributed by atoms with Gasteiger partial charge in [-0.15, -0.1) is 0 Å². The van der Waals surface area contributed by atoms with Crippen LogP contribution in [0.2, 0.25) is 0 Å². The van der Waals surface area contributed by atoms with E-state index in [1.54, 1.807) is 13.8 Å². The van der Waals surface area contributed by atoms with Gasteiger partial charge in [-0.2, -0.15) is 0 Å². The molecule has 28 heavy (non-hydrogen) atoms. The lowest BCUT2D eigenvalue weighted by atomic mass is 9.97. The number of alkyl halides is 1. The van der Waals surface area contributed by atoms with Crippen LogP contribution in [0.4, 0.5) is 0 Å². The molecule has 0 spiro atoms. The van der Waals surface area contributed by atoms with Gasteiger partial charge in [-0.3, -0.25) is 9.00 Å². The molecule has 2 fully saturated rings. The highest BCUT2D eigenvalue weighted by Crippen LogP contribution is 2.46. The highest BCUT2D eigenvalue weighted by atomic mass is 79.9. The van der Waals surface area contributed by atoms with Crippen LogP contribution in [0.1, 0.15) is 31.1 Å². The lowest BCUT2D eigenvalue weighted by Crippen LogP contribution is -2.64. The van der Waals surface area contributed by atoms with Crippen molar-refractivity contribution in [2.75, 3.05) is 0 Å². The van der Waals surface area contributed by atoms with Crippen molar-refractivity contribution in [3.05, 3.63) is 71.8 Å². The summed E-state index contributed by atoms with van der Waals surface area (Å²) in [5, 5.41) is -0.494. The number of carbonyl (C=O) groups is 2. The molecule has 0 N–H and O–H groups in total. The number of hydrogen-bond acceptors (Lipinski definition) is 4. The van der Waals surface area contributed by atoms with Gasteiger partial charge in [0.15, 0.2) is 6.10 Å². The number of fused-ring (bicyclic) bond motifs is 1. The summed E-state index contributed by atoms with van der Waals surface area (Å²) < 4.78 is 17.9. The minimum absolute atomic E-state index is 0.221. The van der Waals surface area contributed by atoms with Crippen LogP contribution < -0.4 is 0 Å². The van der Waals surface area contributed by atoms with Crippen LogP contribution >= 0.6 is 15.9 Å². The third kappa shape index (κ3) is 2.92. The average Bonchev–Trinajstić information content (AvgIpc) is 2.91. The zero-order valence-electron chi connectivity index (χ0n) is 15.4. The second kappa shape index (κ2) is 7.12. The van der Waals surface area contributed by atoms with Crippen molar-refractivity contribution in [1.82, 2.24) is 4.90 Å². The van der Waals surface area contributed by atoms with Crippen molar-refractivity contribution in [2.24, 2.45) is 0 Å². The van der Waals surface area contributed by atoms with Gasteiger partial charge >= 0.3 is 5.97 Å². The Bertz CT molecular complexity index is 894. The minimum atomic E-state index is -1.37. The Morgan fingerprint density at radius 2 is 1.57 bits per heavy atom. The highest BCUT2D eigenvalue weighted by molar-refractivity contribution is 9.10. The number of nitrogens with zero attached hydrogens (tertiary/aromatic N) is 1. The Hall–Kier alpha value is -1.99. The maximum Gasteiger partial charge on any atom is 0.331 e. The zero-order chi connectivity index (χ0) is 20.1. The molecule has 0 saturated carbocycles. The van der Waals surface area contributed by atoms with E-state index in [0.29, 0.717) is 0 Å². The minimum Gasteiger partial charge on any atom is -0.451 e. The number of halogens is 1. The lowest BCUT2D eigenvalue weighted by molar-refractivity contribution is -0.163. The van der Waals surface area contributed by atoms with Gasteiger partial charge in [0.1, 0.15) is 16.2 Å². The van der Waals surface area contributed by atoms with E-state index in [4.69, 9.17) is 4.74 Å². The summed E-state index contributed by atoms with van der Waals surface area (Å²) in [4.78, 5) is 26.5. The third-order valence-electron chi connectivity index (χ3n) is 5.35. The molecule has 1 unspecified atom stereocenters. The predicted molar refractivity (Wildman–Crippen MR) is 110 cm³/mol. The third-order valence-corrected chi connectivity index (χ3v) is 8.79. The van der Waals surface area contributed by atoms with E-state index in [9.17, 15) is 13.8 Å². The average molecular weight is 462 g/mol. The number of benzene rings is 2. The fourth-order valence-electron chi connectivity index (χ4n) is 3.85. The molecule has 2 aliphatic heterocycles. The van der Waals surface area contributed by atoms with Gasteiger partial charge in [0.05, 0.1) is 15.5 Å². The van der Waals surface area contributed by atoms with Crippen molar-refractivity contribution in [3.8, 4) is 0 Å². The van der Waals surface area contributed by atoms with Crippen molar-refractivity contribution >= 4 is 38.6 Å². The van der Waals surface area contributed by atoms with Gasteiger partial charge in [-0.05, 0) is 25.0 Å². The molecule has 2 aromatic carbocycles. The van der Waals surface area contributed by atoms with Crippen LogP contribution in [-0.4, -0.2) is 42.0 Å². The molecule has 0 bridgehead atoms. The fourth-order valence-corrected chi connectivity index (χ4v) is 6.75. The molecule has 4 atom stereocenters. The molecular formula is C21H20BrNO4S.